The van der Waals surface area contributed by atoms with Crippen LogP contribution in [0.5, 0.6) is 0 Å². The lowest BCUT2D eigenvalue weighted by atomic mass is 10.0. The van der Waals surface area contributed by atoms with E-state index < -0.39 is 11.2 Å². The number of hydrogen-bond acceptors (Lipinski definition) is 4. The Morgan fingerprint density at radius 3 is 2.46 bits per heavy atom. The third kappa shape index (κ3) is 4.71. The van der Waals surface area contributed by atoms with Gasteiger partial charge in [0.15, 0.2) is 5.69 Å². The van der Waals surface area contributed by atoms with Crippen LogP contribution in [0.3, 0.4) is 0 Å². The number of benzene rings is 1. The zero-order valence-corrected chi connectivity index (χ0v) is 17.2. The van der Waals surface area contributed by atoms with E-state index >= 15 is 0 Å². The molecule has 1 heterocycles. The highest BCUT2D eigenvalue weighted by Crippen LogP contribution is 2.19. The quantitative estimate of drug-likeness (QED) is 0.728. The predicted molar refractivity (Wildman–Crippen MR) is 113 cm³/mol. The molecular weight excluding hydrogens is 356 g/mol. The standard InChI is InChI=1S/C21H30N4O3/c1-5-7-11-25-19(22)18(20(27)23-21(25)28)24(10-6-2)17(26)13-16-9-8-14(3)15(4)12-16/h8-9,12H,5-7,10-11,13,22H2,1-4H3,(H,23,27,28). The number of carbonyl (C=O) groups excluding carboxylic acids is 1. The molecule has 7 nitrogen and oxygen atoms in total. The van der Waals surface area contributed by atoms with Gasteiger partial charge >= 0.3 is 5.69 Å². The molecule has 2 aromatic rings. The number of rotatable bonds is 8. The number of nitrogens with two attached hydrogens (primary N) is 1. The van der Waals surface area contributed by atoms with Gasteiger partial charge in [0.25, 0.3) is 5.56 Å². The van der Waals surface area contributed by atoms with Gasteiger partial charge in [-0.05, 0) is 43.4 Å². The Morgan fingerprint density at radius 1 is 1.14 bits per heavy atom. The van der Waals surface area contributed by atoms with E-state index in [0.717, 1.165) is 29.5 Å². The van der Waals surface area contributed by atoms with E-state index in [0.29, 0.717) is 19.5 Å². The third-order valence-electron chi connectivity index (χ3n) is 4.89. The van der Waals surface area contributed by atoms with Gasteiger partial charge in [0.2, 0.25) is 5.91 Å². The van der Waals surface area contributed by atoms with Crippen LogP contribution in [-0.4, -0.2) is 22.0 Å². The molecule has 0 fully saturated rings. The normalized spacial score (nSPS) is 10.9. The van der Waals surface area contributed by atoms with Gasteiger partial charge in [-0.1, -0.05) is 38.5 Å². The SMILES string of the molecule is CCCCn1c(N)c(N(CCC)C(=O)Cc2ccc(C)c(C)c2)c(=O)[nH]c1=O. The lowest BCUT2D eigenvalue weighted by Crippen LogP contribution is -2.42. The average Bonchev–Trinajstić information content (AvgIpc) is 2.63. The molecule has 1 aromatic carbocycles. The Balaban J connectivity index is 2.44. The number of anilines is 2. The van der Waals surface area contributed by atoms with Crippen LogP contribution in [0.25, 0.3) is 0 Å². The first-order valence-electron chi connectivity index (χ1n) is 9.79. The monoisotopic (exact) mass is 386 g/mol. The second kappa shape index (κ2) is 9.39. The summed E-state index contributed by atoms with van der Waals surface area (Å²) >= 11 is 0. The first-order valence-corrected chi connectivity index (χ1v) is 9.79. The fourth-order valence-corrected chi connectivity index (χ4v) is 3.14. The summed E-state index contributed by atoms with van der Waals surface area (Å²) < 4.78 is 1.34. The van der Waals surface area contributed by atoms with Gasteiger partial charge in [-0.25, -0.2) is 4.79 Å². The summed E-state index contributed by atoms with van der Waals surface area (Å²) in [6.07, 6.45) is 2.45. The number of unbranched alkanes of at least 4 members (excludes halogenated alkanes) is 1. The highest BCUT2D eigenvalue weighted by molar-refractivity contribution is 5.96. The Labute approximate surface area is 165 Å². The fourth-order valence-electron chi connectivity index (χ4n) is 3.14. The Bertz CT molecular complexity index is 959. The largest absolute Gasteiger partial charge is 0.383 e. The summed E-state index contributed by atoms with van der Waals surface area (Å²) in [5.41, 5.74) is 8.22. The summed E-state index contributed by atoms with van der Waals surface area (Å²) in [4.78, 5) is 41.4. The molecule has 0 aliphatic carbocycles. The summed E-state index contributed by atoms with van der Waals surface area (Å²) in [5, 5.41) is 0. The maximum Gasteiger partial charge on any atom is 0.330 e. The van der Waals surface area contributed by atoms with Crippen molar-refractivity contribution in [1.29, 1.82) is 0 Å². The van der Waals surface area contributed by atoms with Gasteiger partial charge in [0.05, 0.1) is 6.42 Å². The number of nitrogens with one attached hydrogen (secondary N) is 1. The molecular formula is C21H30N4O3. The molecule has 0 unspecified atom stereocenters. The topological polar surface area (TPSA) is 101 Å². The summed E-state index contributed by atoms with van der Waals surface area (Å²) in [6.45, 7) is 8.70. The first-order chi connectivity index (χ1) is 13.3. The van der Waals surface area contributed by atoms with Crippen LogP contribution >= 0.6 is 0 Å². The van der Waals surface area contributed by atoms with E-state index in [2.05, 4.69) is 4.98 Å². The van der Waals surface area contributed by atoms with Gasteiger partial charge in [-0.3, -0.25) is 19.1 Å². The van der Waals surface area contributed by atoms with E-state index in [1.54, 1.807) is 0 Å². The van der Waals surface area contributed by atoms with Gasteiger partial charge in [0.1, 0.15) is 5.82 Å². The molecule has 7 heteroatoms. The second-order valence-electron chi connectivity index (χ2n) is 7.14. The van der Waals surface area contributed by atoms with Crippen LogP contribution in [-0.2, 0) is 17.8 Å². The van der Waals surface area contributed by atoms with Crippen LogP contribution < -0.4 is 21.9 Å². The van der Waals surface area contributed by atoms with Crippen LogP contribution in [0.4, 0.5) is 11.5 Å². The lowest BCUT2D eigenvalue weighted by Gasteiger charge is -2.24. The molecule has 0 bridgehead atoms. The van der Waals surface area contributed by atoms with Crippen LogP contribution in [0.2, 0.25) is 0 Å². The van der Waals surface area contributed by atoms with Crippen molar-refractivity contribution in [2.24, 2.45) is 0 Å². The Hall–Kier alpha value is -2.83. The number of H-pyrrole nitrogens is 1. The van der Waals surface area contributed by atoms with Gasteiger partial charge in [-0.2, -0.15) is 0 Å². The number of aryl methyl sites for hydroxylation is 2. The molecule has 152 valence electrons. The Morgan fingerprint density at radius 2 is 1.86 bits per heavy atom. The molecule has 0 aliphatic rings. The second-order valence-corrected chi connectivity index (χ2v) is 7.14. The van der Waals surface area contributed by atoms with Crippen molar-refractivity contribution in [3.05, 3.63) is 55.7 Å². The number of aromatic amines is 1. The number of nitrogen functional groups attached to an aromatic ring is 1. The Kier molecular flexibility index (Phi) is 7.20. The molecule has 0 saturated heterocycles. The fraction of sp³-hybridized carbons (Fsp3) is 0.476. The predicted octanol–water partition coefficient (Wildman–Crippen LogP) is 2.52. The molecule has 2 rings (SSSR count). The molecule has 1 aromatic heterocycles. The van der Waals surface area contributed by atoms with Crippen LogP contribution in [0.1, 0.15) is 49.8 Å². The van der Waals surface area contributed by atoms with Gasteiger partial charge < -0.3 is 10.6 Å². The van der Waals surface area contributed by atoms with E-state index in [1.165, 1.54) is 9.47 Å². The van der Waals surface area contributed by atoms with Crippen molar-refractivity contribution < 1.29 is 4.79 Å². The number of carbonyl (C=O) groups is 1. The molecule has 1 amide bonds. The van der Waals surface area contributed by atoms with Crippen molar-refractivity contribution in [3.8, 4) is 0 Å². The van der Waals surface area contributed by atoms with Crippen molar-refractivity contribution in [1.82, 2.24) is 9.55 Å². The first kappa shape index (κ1) is 21.5. The zero-order chi connectivity index (χ0) is 20.8. The number of amides is 1. The molecule has 28 heavy (non-hydrogen) atoms. The molecule has 0 spiro atoms. The number of nitrogens with zero attached hydrogens (tertiary/aromatic N) is 2. The summed E-state index contributed by atoms with van der Waals surface area (Å²) in [6, 6.07) is 5.88. The minimum atomic E-state index is -0.628. The van der Waals surface area contributed by atoms with Crippen molar-refractivity contribution in [2.45, 2.75) is 59.9 Å². The van der Waals surface area contributed by atoms with Gasteiger partial charge in [-0.15, -0.1) is 0 Å². The number of aromatic nitrogens is 2. The maximum absolute atomic E-state index is 13.0. The average molecular weight is 386 g/mol. The molecule has 0 atom stereocenters. The lowest BCUT2D eigenvalue weighted by molar-refractivity contribution is -0.118. The van der Waals surface area contributed by atoms with Gasteiger partial charge in [0, 0.05) is 13.1 Å². The van der Waals surface area contributed by atoms with Crippen molar-refractivity contribution >= 4 is 17.4 Å². The molecule has 0 saturated carbocycles. The molecule has 3 N–H and O–H groups in total. The van der Waals surface area contributed by atoms with E-state index in [-0.39, 0.29) is 23.8 Å². The molecule has 0 radical (unpaired) electrons. The zero-order valence-electron chi connectivity index (χ0n) is 17.2. The maximum atomic E-state index is 13.0. The number of hydrogen-bond donors (Lipinski definition) is 2. The minimum Gasteiger partial charge on any atom is -0.383 e. The summed E-state index contributed by atoms with van der Waals surface area (Å²) in [5.74, 6) is -0.174. The van der Waals surface area contributed by atoms with E-state index in [9.17, 15) is 14.4 Å². The third-order valence-corrected chi connectivity index (χ3v) is 4.89. The van der Waals surface area contributed by atoms with Crippen LogP contribution in [0.15, 0.2) is 27.8 Å². The van der Waals surface area contributed by atoms with Crippen molar-refractivity contribution in [2.75, 3.05) is 17.2 Å². The van der Waals surface area contributed by atoms with E-state index in [4.69, 9.17) is 5.73 Å². The van der Waals surface area contributed by atoms with E-state index in [1.807, 2.05) is 45.9 Å². The highest BCUT2D eigenvalue weighted by atomic mass is 16.2. The van der Waals surface area contributed by atoms with Crippen molar-refractivity contribution in [3.63, 3.8) is 0 Å². The summed E-state index contributed by atoms with van der Waals surface area (Å²) in [7, 11) is 0. The minimum absolute atomic E-state index is 0.0455. The molecule has 0 aliphatic heterocycles. The highest BCUT2D eigenvalue weighted by Gasteiger charge is 2.23. The van der Waals surface area contributed by atoms with Crippen LogP contribution in [0, 0.1) is 13.8 Å². The smallest absolute Gasteiger partial charge is 0.330 e.